The topological polar surface area (TPSA) is 21.3 Å². The molecule has 3 atom stereocenters. The van der Waals surface area contributed by atoms with Crippen molar-refractivity contribution in [1.29, 1.82) is 0 Å². The first-order valence-electron chi connectivity index (χ1n) is 6.17. The summed E-state index contributed by atoms with van der Waals surface area (Å²) < 4.78 is 5.60. The highest BCUT2D eigenvalue weighted by atomic mass is 16.5. The number of nitrogens with one attached hydrogen (secondary N) is 1. The van der Waals surface area contributed by atoms with Gasteiger partial charge in [0.1, 0.15) is 0 Å². The van der Waals surface area contributed by atoms with E-state index in [0.29, 0.717) is 0 Å². The van der Waals surface area contributed by atoms with Crippen molar-refractivity contribution in [3.8, 4) is 0 Å². The van der Waals surface area contributed by atoms with E-state index in [1.807, 2.05) is 0 Å². The summed E-state index contributed by atoms with van der Waals surface area (Å²) in [6, 6.07) is 0.760. The third kappa shape index (κ3) is 2.29. The standard InChI is InChI=1S/C12H23NO/c1-13-12-7-3-2-6-11(12)10-5-4-8-14-9-10/h10-13H,2-9H2,1H3. The summed E-state index contributed by atoms with van der Waals surface area (Å²) in [6.07, 6.45) is 8.30. The zero-order valence-electron chi connectivity index (χ0n) is 9.30. The predicted molar refractivity (Wildman–Crippen MR) is 58.3 cm³/mol. The monoisotopic (exact) mass is 197 g/mol. The summed E-state index contributed by atoms with van der Waals surface area (Å²) >= 11 is 0. The molecule has 0 aromatic rings. The molecule has 1 saturated carbocycles. The zero-order chi connectivity index (χ0) is 9.80. The Labute approximate surface area is 87.4 Å². The second-order valence-corrected chi connectivity index (χ2v) is 4.82. The summed E-state index contributed by atoms with van der Waals surface area (Å²) in [7, 11) is 2.12. The van der Waals surface area contributed by atoms with Crippen molar-refractivity contribution in [3.05, 3.63) is 0 Å². The molecule has 0 aromatic carbocycles. The fraction of sp³-hybridized carbons (Fsp3) is 1.00. The Morgan fingerprint density at radius 2 is 1.93 bits per heavy atom. The molecular formula is C12H23NO. The van der Waals surface area contributed by atoms with Crippen molar-refractivity contribution in [2.24, 2.45) is 11.8 Å². The number of rotatable bonds is 2. The predicted octanol–water partition coefficient (Wildman–Crippen LogP) is 2.19. The smallest absolute Gasteiger partial charge is 0.0497 e. The van der Waals surface area contributed by atoms with Crippen LogP contribution in [0.25, 0.3) is 0 Å². The summed E-state index contributed by atoms with van der Waals surface area (Å²) in [5.74, 6) is 1.72. The van der Waals surface area contributed by atoms with Crippen LogP contribution in [0.4, 0.5) is 0 Å². The van der Waals surface area contributed by atoms with Crippen molar-refractivity contribution in [2.75, 3.05) is 20.3 Å². The van der Waals surface area contributed by atoms with Crippen molar-refractivity contribution in [3.63, 3.8) is 0 Å². The molecule has 1 aliphatic heterocycles. The van der Waals surface area contributed by atoms with E-state index >= 15 is 0 Å². The average molecular weight is 197 g/mol. The molecule has 2 heteroatoms. The second-order valence-electron chi connectivity index (χ2n) is 4.82. The quantitative estimate of drug-likeness (QED) is 0.732. The Morgan fingerprint density at radius 1 is 1.07 bits per heavy atom. The zero-order valence-corrected chi connectivity index (χ0v) is 9.30. The maximum absolute atomic E-state index is 5.60. The van der Waals surface area contributed by atoms with Crippen LogP contribution < -0.4 is 5.32 Å². The van der Waals surface area contributed by atoms with Crippen molar-refractivity contribution >= 4 is 0 Å². The minimum absolute atomic E-state index is 0.760. The fourth-order valence-corrected chi connectivity index (χ4v) is 3.19. The molecule has 0 bridgehead atoms. The molecule has 2 fully saturated rings. The Kier molecular flexibility index (Phi) is 3.82. The molecule has 1 aliphatic carbocycles. The van der Waals surface area contributed by atoms with Gasteiger partial charge >= 0.3 is 0 Å². The van der Waals surface area contributed by atoms with Crippen LogP contribution >= 0.6 is 0 Å². The number of ether oxygens (including phenoxy) is 1. The third-order valence-corrected chi connectivity index (χ3v) is 3.99. The van der Waals surface area contributed by atoms with Gasteiger partial charge in [-0.15, -0.1) is 0 Å². The Hall–Kier alpha value is -0.0800. The molecule has 1 heterocycles. The van der Waals surface area contributed by atoms with Gasteiger partial charge in [0.2, 0.25) is 0 Å². The molecule has 0 radical (unpaired) electrons. The van der Waals surface area contributed by atoms with Crippen LogP contribution in [0.2, 0.25) is 0 Å². The van der Waals surface area contributed by atoms with Gasteiger partial charge in [-0.25, -0.2) is 0 Å². The minimum atomic E-state index is 0.760. The van der Waals surface area contributed by atoms with Gasteiger partial charge in [-0.2, -0.15) is 0 Å². The van der Waals surface area contributed by atoms with Crippen LogP contribution in [0.1, 0.15) is 38.5 Å². The highest BCUT2D eigenvalue weighted by Crippen LogP contribution is 2.34. The molecule has 0 amide bonds. The lowest BCUT2D eigenvalue weighted by molar-refractivity contribution is 0.0139. The van der Waals surface area contributed by atoms with E-state index in [0.717, 1.165) is 31.1 Å². The van der Waals surface area contributed by atoms with E-state index in [9.17, 15) is 0 Å². The lowest BCUT2D eigenvalue weighted by Gasteiger charge is -2.38. The van der Waals surface area contributed by atoms with E-state index in [1.165, 1.54) is 38.5 Å². The third-order valence-electron chi connectivity index (χ3n) is 3.99. The van der Waals surface area contributed by atoms with Gasteiger partial charge in [0.15, 0.2) is 0 Å². The van der Waals surface area contributed by atoms with Crippen LogP contribution in [0.5, 0.6) is 0 Å². The van der Waals surface area contributed by atoms with Crippen LogP contribution in [0.3, 0.4) is 0 Å². The molecule has 1 N–H and O–H groups in total. The number of hydrogen-bond acceptors (Lipinski definition) is 2. The van der Waals surface area contributed by atoms with E-state index in [4.69, 9.17) is 4.74 Å². The Morgan fingerprint density at radius 3 is 2.64 bits per heavy atom. The molecule has 3 unspecified atom stereocenters. The molecule has 0 aromatic heterocycles. The average Bonchev–Trinajstić information content (AvgIpc) is 2.30. The second kappa shape index (κ2) is 5.13. The van der Waals surface area contributed by atoms with Crippen LogP contribution in [-0.4, -0.2) is 26.3 Å². The Balaban J connectivity index is 1.91. The lowest BCUT2D eigenvalue weighted by atomic mass is 9.74. The van der Waals surface area contributed by atoms with Gasteiger partial charge in [0, 0.05) is 19.3 Å². The van der Waals surface area contributed by atoms with Gasteiger partial charge in [-0.1, -0.05) is 12.8 Å². The van der Waals surface area contributed by atoms with Crippen molar-refractivity contribution < 1.29 is 4.74 Å². The van der Waals surface area contributed by atoms with Gasteiger partial charge < -0.3 is 10.1 Å². The summed E-state index contributed by atoms with van der Waals surface area (Å²) in [4.78, 5) is 0. The molecule has 1 saturated heterocycles. The van der Waals surface area contributed by atoms with Crippen LogP contribution in [-0.2, 0) is 4.74 Å². The SMILES string of the molecule is CNC1CCCCC1C1CCCOC1. The molecule has 0 spiro atoms. The first kappa shape index (κ1) is 10.4. The highest BCUT2D eigenvalue weighted by Gasteiger charge is 2.31. The van der Waals surface area contributed by atoms with Crippen molar-refractivity contribution in [1.82, 2.24) is 5.32 Å². The van der Waals surface area contributed by atoms with Crippen molar-refractivity contribution in [2.45, 2.75) is 44.6 Å². The minimum Gasteiger partial charge on any atom is -0.381 e. The molecular weight excluding hydrogens is 174 g/mol. The molecule has 14 heavy (non-hydrogen) atoms. The molecule has 2 rings (SSSR count). The van der Waals surface area contributed by atoms with E-state index < -0.39 is 0 Å². The molecule has 2 nitrogen and oxygen atoms in total. The van der Waals surface area contributed by atoms with Gasteiger partial charge in [0.05, 0.1) is 0 Å². The van der Waals surface area contributed by atoms with E-state index in [-0.39, 0.29) is 0 Å². The number of hydrogen-bond donors (Lipinski definition) is 1. The van der Waals surface area contributed by atoms with Crippen LogP contribution in [0, 0.1) is 11.8 Å². The maximum atomic E-state index is 5.60. The summed E-state index contributed by atoms with van der Waals surface area (Å²) in [5, 5.41) is 3.50. The molecule has 2 aliphatic rings. The molecule has 82 valence electrons. The lowest BCUT2D eigenvalue weighted by Crippen LogP contribution is -2.42. The Bertz CT molecular complexity index is 166. The first-order valence-corrected chi connectivity index (χ1v) is 6.17. The summed E-state index contributed by atoms with van der Waals surface area (Å²) in [6.45, 7) is 2.01. The highest BCUT2D eigenvalue weighted by molar-refractivity contribution is 4.85. The van der Waals surface area contributed by atoms with Crippen LogP contribution in [0.15, 0.2) is 0 Å². The van der Waals surface area contributed by atoms with E-state index in [1.54, 1.807) is 0 Å². The fourth-order valence-electron chi connectivity index (χ4n) is 3.19. The van der Waals surface area contributed by atoms with Gasteiger partial charge in [-0.3, -0.25) is 0 Å². The normalized spacial score (nSPS) is 39.6. The van der Waals surface area contributed by atoms with Gasteiger partial charge in [-0.05, 0) is 44.6 Å². The van der Waals surface area contributed by atoms with E-state index in [2.05, 4.69) is 12.4 Å². The van der Waals surface area contributed by atoms with Gasteiger partial charge in [0.25, 0.3) is 0 Å². The maximum Gasteiger partial charge on any atom is 0.0497 e. The largest absolute Gasteiger partial charge is 0.381 e. The summed E-state index contributed by atoms with van der Waals surface area (Å²) in [5.41, 5.74) is 0. The first-order chi connectivity index (χ1) is 6.92.